The molecule has 1 unspecified atom stereocenters. The van der Waals surface area contributed by atoms with Gasteiger partial charge < -0.3 is 19.3 Å². The van der Waals surface area contributed by atoms with Crippen molar-refractivity contribution in [3.63, 3.8) is 0 Å². The van der Waals surface area contributed by atoms with Crippen LogP contribution in [0, 0.1) is 11.3 Å². The summed E-state index contributed by atoms with van der Waals surface area (Å²) in [7, 11) is 0. The SMILES string of the molecule is CC(C)C(C=O)c1cc(N2CC3(CC(c4cc5cc(-c6ccccc6O)nnc5s4)C3)C2)no1. The summed E-state index contributed by atoms with van der Waals surface area (Å²) in [6, 6.07) is 13.4. The molecule has 1 aromatic carbocycles. The highest BCUT2D eigenvalue weighted by Gasteiger charge is 2.53. The van der Waals surface area contributed by atoms with Crippen LogP contribution in [-0.4, -0.2) is 39.8 Å². The maximum absolute atomic E-state index is 11.4. The van der Waals surface area contributed by atoms with E-state index in [1.165, 1.54) is 4.88 Å². The highest BCUT2D eigenvalue weighted by Crippen LogP contribution is 2.58. The molecule has 6 rings (SSSR count). The second kappa shape index (κ2) is 7.91. The fourth-order valence-electron chi connectivity index (χ4n) is 5.40. The molecule has 1 saturated carbocycles. The summed E-state index contributed by atoms with van der Waals surface area (Å²) in [4.78, 5) is 15.9. The lowest BCUT2D eigenvalue weighted by Crippen LogP contribution is -2.61. The number of carbonyl (C=O) groups is 1. The zero-order chi connectivity index (χ0) is 23.4. The molecular weight excluding hydrogens is 448 g/mol. The summed E-state index contributed by atoms with van der Waals surface area (Å²) in [5.41, 5.74) is 1.73. The zero-order valence-electron chi connectivity index (χ0n) is 19.1. The van der Waals surface area contributed by atoms with Crippen LogP contribution in [0.4, 0.5) is 5.82 Å². The Kier molecular flexibility index (Phi) is 4.95. The summed E-state index contributed by atoms with van der Waals surface area (Å²) in [5, 5.41) is 24.2. The van der Waals surface area contributed by atoms with Gasteiger partial charge in [-0.3, -0.25) is 0 Å². The first-order valence-corrected chi connectivity index (χ1v) is 12.5. The molecule has 4 heterocycles. The van der Waals surface area contributed by atoms with E-state index < -0.39 is 0 Å². The van der Waals surface area contributed by atoms with Gasteiger partial charge in [0.2, 0.25) is 0 Å². The zero-order valence-corrected chi connectivity index (χ0v) is 20.0. The molecule has 174 valence electrons. The van der Waals surface area contributed by atoms with Crippen LogP contribution in [0.2, 0.25) is 0 Å². The van der Waals surface area contributed by atoms with Crippen molar-refractivity contribution in [1.29, 1.82) is 0 Å². The van der Waals surface area contributed by atoms with Crippen LogP contribution < -0.4 is 4.90 Å². The predicted octanol–water partition coefficient (Wildman–Crippen LogP) is 5.37. The van der Waals surface area contributed by atoms with Crippen LogP contribution in [0.5, 0.6) is 5.75 Å². The smallest absolute Gasteiger partial charge is 0.172 e. The number of benzene rings is 1. The largest absolute Gasteiger partial charge is 0.507 e. The molecule has 7 nitrogen and oxygen atoms in total. The van der Waals surface area contributed by atoms with E-state index in [0.29, 0.717) is 28.4 Å². The first-order chi connectivity index (χ1) is 16.4. The van der Waals surface area contributed by atoms with E-state index in [9.17, 15) is 9.90 Å². The van der Waals surface area contributed by atoms with Crippen molar-refractivity contribution in [1.82, 2.24) is 15.4 Å². The minimum Gasteiger partial charge on any atom is -0.507 e. The molecule has 34 heavy (non-hydrogen) atoms. The van der Waals surface area contributed by atoms with E-state index in [-0.39, 0.29) is 17.6 Å². The Labute approximate surface area is 201 Å². The maximum atomic E-state index is 11.4. The van der Waals surface area contributed by atoms with Crippen molar-refractivity contribution < 1.29 is 14.4 Å². The van der Waals surface area contributed by atoms with Crippen LogP contribution in [0.3, 0.4) is 0 Å². The van der Waals surface area contributed by atoms with Crippen molar-refractivity contribution in [3.05, 3.63) is 53.1 Å². The molecule has 1 atom stereocenters. The number of nitrogens with zero attached hydrogens (tertiary/aromatic N) is 4. The number of phenolic OH excluding ortho intramolecular Hbond substituents is 1. The third-order valence-electron chi connectivity index (χ3n) is 7.33. The number of aromatic nitrogens is 3. The summed E-state index contributed by atoms with van der Waals surface area (Å²) in [6.07, 6.45) is 3.26. The van der Waals surface area contributed by atoms with Gasteiger partial charge in [-0.05, 0) is 48.9 Å². The Bertz CT molecular complexity index is 1360. The number of aldehydes is 1. The van der Waals surface area contributed by atoms with Crippen molar-refractivity contribution in [2.75, 3.05) is 18.0 Å². The van der Waals surface area contributed by atoms with Crippen molar-refractivity contribution in [3.8, 4) is 17.0 Å². The Morgan fingerprint density at radius 2 is 1.97 bits per heavy atom. The topological polar surface area (TPSA) is 92.4 Å². The molecule has 1 aliphatic carbocycles. The Hall–Kier alpha value is -3.26. The lowest BCUT2D eigenvalue weighted by molar-refractivity contribution is -0.110. The molecule has 3 aromatic heterocycles. The van der Waals surface area contributed by atoms with Gasteiger partial charge in [0.15, 0.2) is 5.82 Å². The molecule has 1 aliphatic heterocycles. The fraction of sp³-hybridized carbons (Fsp3) is 0.385. The van der Waals surface area contributed by atoms with Gasteiger partial charge >= 0.3 is 0 Å². The third kappa shape index (κ3) is 3.48. The summed E-state index contributed by atoms with van der Waals surface area (Å²) < 4.78 is 5.48. The molecule has 1 saturated heterocycles. The van der Waals surface area contributed by atoms with Gasteiger partial charge in [-0.25, -0.2) is 0 Å². The van der Waals surface area contributed by atoms with E-state index in [0.717, 1.165) is 48.3 Å². The van der Waals surface area contributed by atoms with E-state index in [4.69, 9.17) is 4.52 Å². The van der Waals surface area contributed by atoms with E-state index in [2.05, 4.69) is 26.3 Å². The van der Waals surface area contributed by atoms with Gasteiger partial charge in [0.25, 0.3) is 0 Å². The lowest BCUT2D eigenvalue weighted by atomic mass is 9.57. The third-order valence-corrected chi connectivity index (χ3v) is 8.52. The van der Waals surface area contributed by atoms with Crippen molar-refractivity contribution in [2.45, 2.75) is 38.5 Å². The lowest BCUT2D eigenvalue weighted by Gasteiger charge is -2.59. The number of thiophene rings is 1. The van der Waals surface area contributed by atoms with Gasteiger partial charge in [0.1, 0.15) is 22.6 Å². The van der Waals surface area contributed by atoms with Gasteiger partial charge in [0, 0.05) is 40.4 Å². The molecule has 4 aromatic rings. The number of para-hydroxylation sites is 1. The molecule has 2 aliphatic rings. The molecule has 1 N–H and O–H groups in total. The van der Waals surface area contributed by atoms with Crippen molar-refractivity contribution >= 4 is 33.7 Å². The number of hydrogen-bond donors (Lipinski definition) is 1. The molecule has 1 spiro atoms. The van der Waals surface area contributed by atoms with Crippen LogP contribution in [0.25, 0.3) is 21.5 Å². The highest BCUT2D eigenvalue weighted by atomic mass is 32.1. The first-order valence-electron chi connectivity index (χ1n) is 11.7. The van der Waals surface area contributed by atoms with Crippen LogP contribution in [0.15, 0.2) is 47.0 Å². The van der Waals surface area contributed by atoms with Crippen LogP contribution in [-0.2, 0) is 4.79 Å². The molecular formula is C26H26N4O3S. The van der Waals surface area contributed by atoms with Gasteiger partial charge in [-0.15, -0.1) is 21.5 Å². The minimum absolute atomic E-state index is 0.189. The molecule has 0 radical (unpaired) electrons. The Morgan fingerprint density at radius 3 is 2.71 bits per heavy atom. The number of hydrogen-bond acceptors (Lipinski definition) is 8. The summed E-state index contributed by atoms with van der Waals surface area (Å²) >= 11 is 1.72. The average Bonchev–Trinajstić information content (AvgIpc) is 3.39. The quantitative estimate of drug-likeness (QED) is 0.375. The molecule has 0 amide bonds. The molecule has 8 heteroatoms. The van der Waals surface area contributed by atoms with Crippen LogP contribution >= 0.6 is 11.3 Å². The number of phenols is 1. The first kappa shape index (κ1) is 21.3. The fourth-order valence-corrected chi connectivity index (χ4v) is 6.46. The summed E-state index contributed by atoms with van der Waals surface area (Å²) in [5.74, 6) is 2.20. The van der Waals surface area contributed by atoms with E-state index in [1.54, 1.807) is 23.5 Å². The molecule has 2 fully saturated rings. The van der Waals surface area contributed by atoms with Gasteiger partial charge in [0.05, 0.1) is 11.6 Å². The number of anilines is 1. The van der Waals surface area contributed by atoms with Crippen molar-refractivity contribution in [2.24, 2.45) is 11.3 Å². The second-order valence-electron chi connectivity index (χ2n) is 10.1. The number of aromatic hydroxyl groups is 1. The van der Waals surface area contributed by atoms with Crippen LogP contribution in [0.1, 0.15) is 49.2 Å². The predicted molar refractivity (Wildman–Crippen MR) is 131 cm³/mol. The number of rotatable bonds is 6. The number of carbonyl (C=O) groups excluding carboxylic acids is 1. The second-order valence-corrected chi connectivity index (χ2v) is 11.2. The number of fused-ring (bicyclic) bond motifs is 1. The van der Waals surface area contributed by atoms with Gasteiger partial charge in [-0.2, -0.15) is 0 Å². The normalized spacial score (nSPS) is 18.3. The Morgan fingerprint density at radius 1 is 1.18 bits per heavy atom. The van der Waals surface area contributed by atoms with E-state index >= 15 is 0 Å². The summed E-state index contributed by atoms with van der Waals surface area (Å²) in [6.45, 7) is 5.98. The van der Waals surface area contributed by atoms with E-state index in [1.807, 2.05) is 38.1 Å². The monoisotopic (exact) mass is 474 g/mol. The highest BCUT2D eigenvalue weighted by molar-refractivity contribution is 7.18. The average molecular weight is 475 g/mol. The molecule has 0 bridgehead atoms. The minimum atomic E-state index is -0.244. The standard InChI is InChI=1S/C26H26N4O3S/c1-15(2)19(12-31)22-9-24(29-33-22)30-13-26(14-30)10-17(11-26)23-8-16-7-20(27-28-25(16)34-23)18-5-3-4-6-21(18)32/h3-9,12,15,17,19,32H,10-11,13-14H2,1-2H3. The Balaban J connectivity index is 1.12. The van der Waals surface area contributed by atoms with Gasteiger partial charge in [-0.1, -0.05) is 31.1 Å². The maximum Gasteiger partial charge on any atom is 0.172 e.